The van der Waals surface area contributed by atoms with Crippen molar-refractivity contribution in [3.05, 3.63) is 22.7 Å². The molecule has 0 saturated carbocycles. The minimum Gasteiger partial charge on any atom is -0.489 e. The van der Waals surface area contributed by atoms with Crippen molar-refractivity contribution in [2.75, 3.05) is 26.3 Å². The van der Waals surface area contributed by atoms with E-state index in [-0.39, 0.29) is 6.10 Å². The molecule has 1 saturated heterocycles. The molecule has 0 aromatic heterocycles. The monoisotopic (exact) mass is 311 g/mol. The molecule has 5 heteroatoms. The van der Waals surface area contributed by atoms with Gasteiger partial charge in [-0.1, -0.05) is 11.6 Å². The molecule has 1 fully saturated rings. The first-order valence-electron chi connectivity index (χ1n) is 7.62. The average molecular weight is 312 g/mol. The zero-order valence-electron chi connectivity index (χ0n) is 12.3. The van der Waals surface area contributed by atoms with Crippen molar-refractivity contribution in [1.29, 1.82) is 0 Å². The topological polar surface area (TPSA) is 41.9 Å². The van der Waals surface area contributed by atoms with Crippen LogP contribution in [0.5, 0.6) is 11.5 Å². The van der Waals surface area contributed by atoms with Gasteiger partial charge in [0.05, 0.1) is 24.3 Å². The Bertz CT molecular complexity index is 507. The molecule has 2 aliphatic rings. The molecule has 0 spiro atoms. The number of fused-ring (bicyclic) bond motifs is 1. The van der Waals surface area contributed by atoms with E-state index in [2.05, 4.69) is 4.90 Å². The second kappa shape index (κ2) is 6.42. The molecule has 1 aromatic rings. The predicted octanol–water partition coefficient (Wildman–Crippen LogP) is 2.70. The Morgan fingerprint density at radius 1 is 1.38 bits per heavy atom. The van der Waals surface area contributed by atoms with Crippen molar-refractivity contribution in [1.82, 2.24) is 4.90 Å². The number of hydrogen-bond acceptors (Lipinski definition) is 4. The quantitative estimate of drug-likeness (QED) is 0.932. The van der Waals surface area contributed by atoms with Crippen LogP contribution in [0.2, 0.25) is 5.02 Å². The summed E-state index contributed by atoms with van der Waals surface area (Å²) >= 11 is 6.32. The Morgan fingerprint density at radius 2 is 2.19 bits per heavy atom. The van der Waals surface area contributed by atoms with Gasteiger partial charge in [-0.3, -0.25) is 4.90 Å². The van der Waals surface area contributed by atoms with Crippen LogP contribution in [-0.4, -0.2) is 42.4 Å². The van der Waals surface area contributed by atoms with Crippen LogP contribution in [0.15, 0.2) is 12.1 Å². The van der Waals surface area contributed by atoms with E-state index in [1.54, 1.807) is 0 Å². The molecule has 0 radical (unpaired) electrons. The number of aliphatic hydroxyl groups is 1. The number of hydrogen-bond donors (Lipinski definition) is 1. The molecule has 2 heterocycles. The van der Waals surface area contributed by atoms with Gasteiger partial charge in [-0.2, -0.15) is 0 Å². The van der Waals surface area contributed by atoms with Crippen molar-refractivity contribution >= 4 is 11.6 Å². The minimum absolute atomic E-state index is 0.234. The maximum Gasteiger partial charge on any atom is 0.179 e. The summed E-state index contributed by atoms with van der Waals surface area (Å²) in [7, 11) is 0. The van der Waals surface area contributed by atoms with E-state index in [4.69, 9.17) is 21.1 Å². The Morgan fingerprint density at radius 3 is 2.95 bits per heavy atom. The average Bonchev–Trinajstić information content (AvgIpc) is 2.76. The Labute approximate surface area is 130 Å². The minimum atomic E-state index is -0.234. The molecule has 2 aliphatic heterocycles. The van der Waals surface area contributed by atoms with Crippen LogP contribution in [-0.2, 0) is 6.54 Å². The summed E-state index contributed by atoms with van der Waals surface area (Å²) in [4.78, 5) is 2.35. The van der Waals surface area contributed by atoms with Gasteiger partial charge in [0, 0.05) is 19.5 Å². The largest absolute Gasteiger partial charge is 0.489 e. The number of ether oxygens (including phenoxy) is 2. The van der Waals surface area contributed by atoms with Crippen LogP contribution < -0.4 is 9.47 Å². The van der Waals surface area contributed by atoms with E-state index < -0.39 is 0 Å². The van der Waals surface area contributed by atoms with Crippen LogP contribution >= 0.6 is 11.6 Å². The van der Waals surface area contributed by atoms with Crippen molar-refractivity contribution in [2.45, 2.75) is 32.4 Å². The van der Waals surface area contributed by atoms with Crippen molar-refractivity contribution < 1.29 is 14.6 Å². The van der Waals surface area contributed by atoms with Crippen LogP contribution in [0.4, 0.5) is 0 Å². The Kier molecular flexibility index (Phi) is 4.57. The molecule has 0 bridgehead atoms. The van der Waals surface area contributed by atoms with Crippen LogP contribution in [0.25, 0.3) is 0 Å². The molecule has 0 amide bonds. The summed E-state index contributed by atoms with van der Waals surface area (Å²) in [5.41, 5.74) is 1.13. The highest BCUT2D eigenvalue weighted by atomic mass is 35.5. The van der Waals surface area contributed by atoms with Crippen molar-refractivity contribution in [3.63, 3.8) is 0 Å². The predicted molar refractivity (Wildman–Crippen MR) is 82.1 cm³/mol. The van der Waals surface area contributed by atoms with E-state index in [0.29, 0.717) is 29.9 Å². The van der Waals surface area contributed by atoms with Gasteiger partial charge in [-0.25, -0.2) is 0 Å². The maximum absolute atomic E-state index is 9.69. The fourth-order valence-corrected chi connectivity index (χ4v) is 3.32. The van der Waals surface area contributed by atoms with Gasteiger partial charge in [0.15, 0.2) is 11.5 Å². The first-order valence-corrected chi connectivity index (χ1v) is 7.99. The van der Waals surface area contributed by atoms with E-state index in [1.807, 2.05) is 19.1 Å². The van der Waals surface area contributed by atoms with Crippen LogP contribution in [0.3, 0.4) is 0 Å². The summed E-state index contributed by atoms with van der Waals surface area (Å²) in [5.74, 6) is 1.79. The summed E-state index contributed by atoms with van der Waals surface area (Å²) in [6.45, 7) is 5.97. The third kappa shape index (κ3) is 3.44. The van der Waals surface area contributed by atoms with Gasteiger partial charge in [0.2, 0.25) is 0 Å². The van der Waals surface area contributed by atoms with Crippen LogP contribution in [0.1, 0.15) is 25.3 Å². The fraction of sp³-hybridized carbons (Fsp3) is 0.625. The lowest BCUT2D eigenvalue weighted by Crippen LogP contribution is -2.24. The van der Waals surface area contributed by atoms with Gasteiger partial charge < -0.3 is 14.6 Å². The highest BCUT2D eigenvalue weighted by Gasteiger charge is 2.26. The molecule has 3 rings (SSSR count). The number of aliphatic hydroxyl groups excluding tert-OH is 1. The molecular weight excluding hydrogens is 290 g/mol. The normalized spacial score (nSPS) is 23.9. The van der Waals surface area contributed by atoms with Gasteiger partial charge in [-0.15, -0.1) is 0 Å². The SMILES string of the molecule is CC(O)C1CCN(Cc2cc(Cl)c3c(c2)OCCCO3)C1. The molecule has 1 N–H and O–H groups in total. The Hall–Kier alpha value is -0.970. The first kappa shape index (κ1) is 14.9. The third-order valence-electron chi connectivity index (χ3n) is 4.26. The molecule has 116 valence electrons. The van der Waals surface area contributed by atoms with Gasteiger partial charge in [-0.05, 0) is 43.5 Å². The number of rotatable bonds is 3. The lowest BCUT2D eigenvalue weighted by molar-refractivity contribution is 0.127. The van der Waals surface area contributed by atoms with Gasteiger partial charge >= 0.3 is 0 Å². The standard InChI is InChI=1S/C16H22ClNO3/c1-11(19)13-3-4-18(10-13)9-12-7-14(17)16-15(8-12)20-5-2-6-21-16/h7-8,11,13,19H,2-6,9-10H2,1H3. The zero-order valence-corrected chi connectivity index (χ0v) is 13.1. The van der Waals surface area contributed by atoms with Crippen LogP contribution in [0, 0.1) is 5.92 Å². The second-order valence-corrected chi connectivity index (χ2v) is 6.39. The summed E-state index contributed by atoms with van der Waals surface area (Å²) in [6.07, 6.45) is 1.70. The van der Waals surface area contributed by atoms with E-state index in [1.165, 1.54) is 0 Å². The number of halogens is 1. The second-order valence-electron chi connectivity index (χ2n) is 5.98. The maximum atomic E-state index is 9.69. The lowest BCUT2D eigenvalue weighted by Gasteiger charge is -2.18. The number of nitrogens with zero attached hydrogens (tertiary/aromatic N) is 1. The van der Waals surface area contributed by atoms with E-state index >= 15 is 0 Å². The summed E-state index contributed by atoms with van der Waals surface area (Å²) < 4.78 is 11.4. The molecule has 0 aliphatic carbocycles. The van der Waals surface area contributed by atoms with E-state index in [0.717, 1.165) is 43.8 Å². The van der Waals surface area contributed by atoms with Gasteiger partial charge in [0.25, 0.3) is 0 Å². The number of likely N-dealkylation sites (tertiary alicyclic amines) is 1. The lowest BCUT2D eigenvalue weighted by atomic mass is 10.0. The highest BCUT2D eigenvalue weighted by Crippen LogP contribution is 2.38. The molecular formula is C16H22ClNO3. The zero-order chi connectivity index (χ0) is 14.8. The summed E-state index contributed by atoms with van der Waals surface area (Å²) in [6, 6.07) is 3.99. The van der Waals surface area contributed by atoms with Gasteiger partial charge in [0.1, 0.15) is 0 Å². The molecule has 4 nitrogen and oxygen atoms in total. The first-order chi connectivity index (χ1) is 10.1. The molecule has 1 aromatic carbocycles. The molecule has 2 atom stereocenters. The molecule has 21 heavy (non-hydrogen) atoms. The Balaban J connectivity index is 1.72. The van der Waals surface area contributed by atoms with E-state index in [9.17, 15) is 5.11 Å². The fourth-order valence-electron chi connectivity index (χ4n) is 3.03. The highest BCUT2D eigenvalue weighted by molar-refractivity contribution is 6.32. The molecule has 2 unspecified atom stereocenters. The summed E-state index contributed by atoms with van der Waals surface area (Å²) in [5, 5.41) is 10.3. The third-order valence-corrected chi connectivity index (χ3v) is 4.54. The van der Waals surface area contributed by atoms with Crippen molar-refractivity contribution in [3.8, 4) is 11.5 Å². The number of benzene rings is 1. The van der Waals surface area contributed by atoms with Crippen molar-refractivity contribution in [2.24, 2.45) is 5.92 Å². The smallest absolute Gasteiger partial charge is 0.179 e.